The fourth-order valence-electron chi connectivity index (χ4n) is 1.29. The van der Waals surface area contributed by atoms with Gasteiger partial charge in [0, 0.05) is 13.2 Å². The van der Waals surface area contributed by atoms with Gasteiger partial charge < -0.3 is 5.73 Å². The van der Waals surface area contributed by atoms with Crippen molar-refractivity contribution in [2.75, 3.05) is 17.7 Å². The largest absolute Gasteiger partial charge is 0.396 e. The number of aromatic nitrogens is 3. The van der Waals surface area contributed by atoms with Crippen LogP contribution in [-0.4, -0.2) is 28.1 Å². The Labute approximate surface area is 92.1 Å². The monoisotopic (exact) mass is 217 g/mol. The molecule has 0 fully saturated rings. The van der Waals surface area contributed by atoms with Gasteiger partial charge in [-0.15, -0.1) is 0 Å². The highest BCUT2D eigenvalue weighted by Crippen LogP contribution is 2.13. The van der Waals surface area contributed by atoms with Crippen LogP contribution in [0.4, 0.5) is 11.5 Å². The second kappa shape index (κ2) is 4.01. The zero-order chi connectivity index (χ0) is 11.5. The van der Waals surface area contributed by atoms with Crippen LogP contribution in [0.15, 0.2) is 30.6 Å². The molecule has 0 spiro atoms. The quantitative estimate of drug-likeness (QED) is 0.773. The number of pyridine rings is 1. The molecule has 0 atom stereocenters. The third kappa shape index (κ3) is 1.72. The van der Waals surface area contributed by atoms with E-state index in [0.29, 0.717) is 11.5 Å². The lowest BCUT2D eigenvalue weighted by Crippen LogP contribution is -2.28. The molecule has 6 nitrogen and oxygen atoms in total. The van der Waals surface area contributed by atoms with Gasteiger partial charge in [-0.25, -0.2) is 4.98 Å². The Morgan fingerprint density at radius 2 is 2.31 bits per heavy atom. The molecule has 3 N–H and O–H groups in total. The lowest BCUT2D eigenvalue weighted by Gasteiger charge is -2.14. The van der Waals surface area contributed by atoms with Gasteiger partial charge in [0.2, 0.25) is 0 Å². The zero-order valence-corrected chi connectivity index (χ0v) is 8.71. The van der Waals surface area contributed by atoms with E-state index >= 15 is 0 Å². The summed E-state index contributed by atoms with van der Waals surface area (Å²) in [6.07, 6.45) is 3.02. The number of carbonyl (C=O) groups is 1. The first-order chi connectivity index (χ1) is 7.70. The van der Waals surface area contributed by atoms with Crippen LogP contribution in [-0.2, 0) is 0 Å². The molecule has 6 heteroatoms. The first kappa shape index (κ1) is 10.2. The third-order valence-corrected chi connectivity index (χ3v) is 2.18. The van der Waals surface area contributed by atoms with Crippen molar-refractivity contribution in [3.63, 3.8) is 0 Å². The Bertz CT molecular complexity index is 493. The van der Waals surface area contributed by atoms with Crippen molar-refractivity contribution in [3.8, 4) is 0 Å². The molecule has 2 heterocycles. The van der Waals surface area contributed by atoms with Crippen molar-refractivity contribution < 1.29 is 4.79 Å². The van der Waals surface area contributed by atoms with Crippen LogP contribution in [0.2, 0.25) is 0 Å². The Kier molecular flexibility index (Phi) is 2.55. The summed E-state index contributed by atoms with van der Waals surface area (Å²) < 4.78 is 0. The van der Waals surface area contributed by atoms with Crippen LogP contribution >= 0.6 is 0 Å². The fraction of sp³-hybridized carbons (Fsp3) is 0.100. The van der Waals surface area contributed by atoms with Gasteiger partial charge in [-0.1, -0.05) is 6.07 Å². The van der Waals surface area contributed by atoms with Gasteiger partial charge in [0.05, 0.1) is 11.9 Å². The fourth-order valence-corrected chi connectivity index (χ4v) is 1.29. The second-order valence-electron chi connectivity index (χ2n) is 3.25. The molecule has 0 aliphatic carbocycles. The molecule has 0 aliphatic heterocycles. The number of carbonyl (C=O) groups excluding carboxylic acids is 1. The third-order valence-electron chi connectivity index (χ3n) is 2.18. The van der Waals surface area contributed by atoms with Gasteiger partial charge in [-0.05, 0) is 12.1 Å². The van der Waals surface area contributed by atoms with Crippen molar-refractivity contribution in [2.24, 2.45) is 0 Å². The molecule has 2 aromatic rings. The van der Waals surface area contributed by atoms with Gasteiger partial charge in [-0.2, -0.15) is 5.10 Å². The van der Waals surface area contributed by atoms with Gasteiger partial charge in [0.1, 0.15) is 11.5 Å². The van der Waals surface area contributed by atoms with Crippen LogP contribution in [0, 0.1) is 0 Å². The van der Waals surface area contributed by atoms with E-state index < -0.39 is 0 Å². The Hall–Kier alpha value is -2.37. The molecule has 0 unspecified atom stereocenters. The summed E-state index contributed by atoms with van der Waals surface area (Å²) in [5.41, 5.74) is 6.19. The first-order valence-electron chi connectivity index (χ1n) is 4.68. The number of hydrogen-bond acceptors (Lipinski definition) is 4. The molecular weight excluding hydrogens is 206 g/mol. The number of anilines is 2. The first-order valence-corrected chi connectivity index (χ1v) is 4.68. The summed E-state index contributed by atoms with van der Waals surface area (Å²) in [5, 5.41) is 6.26. The highest BCUT2D eigenvalue weighted by atomic mass is 16.2. The Morgan fingerprint density at radius 3 is 2.88 bits per heavy atom. The van der Waals surface area contributed by atoms with Crippen LogP contribution in [0.3, 0.4) is 0 Å². The topological polar surface area (TPSA) is 87.9 Å². The number of amides is 1. The van der Waals surface area contributed by atoms with Crippen LogP contribution in [0.25, 0.3) is 0 Å². The number of H-pyrrole nitrogens is 1. The highest BCUT2D eigenvalue weighted by Gasteiger charge is 2.18. The van der Waals surface area contributed by atoms with Crippen molar-refractivity contribution in [1.82, 2.24) is 15.2 Å². The van der Waals surface area contributed by atoms with E-state index in [1.54, 1.807) is 25.4 Å². The molecule has 0 bridgehead atoms. The number of nitrogens with two attached hydrogens (primary N) is 1. The standard InChI is InChI=1S/C10H11N5O/c1-15(8-4-2-3-5-12-8)10(16)9-7(11)6-13-14-9/h2-6H,11H2,1H3,(H,13,14). The van der Waals surface area contributed by atoms with Crippen molar-refractivity contribution >= 4 is 17.4 Å². The second-order valence-corrected chi connectivity index (χ2v) is 3.25. The van der Waals surface area contributed by atoms with E-state index in [4.69, 9.17) is 5.73 Å². The maximum atomic E-state index is 12.0. The molecule has 2 aromatic heterocycles. The van der Waals surface area contributed by atoms with Gasteiger partial charge in [0.25, 0.3) is 5.91 Å². The number of nitrogens with zero attached hydrogens (tertiary/aromatic N) is 3. The smallest absolute Gasteiger partial charge is 0.279 e. The van der Waals surface area contributed by atoms with E-state index in [0.717, 1.165) is 0 Å². The van der Waals surface area contributed by atoms with Crippen molar-refractivity contribution in [1.29, 1.82) is 0 Å². The normalized spacial score (nSPS) is 10.1. The van der Waals surface area contributed by atoms with E-state index in [9.17, 15) is 4.79 Å². The number of aromatic amines is 1. The molecule has 0 saturated heterocycles. The van der Waals surface area contributed by atoms with E-state index in [-0.39, 0.29) is 11.6 Å². The highest BCUT2D eigenvalue weighted by molar-refractivity contribution is 6.06. The Morgan fingerprint density at radius 1 is 1.50 bits per heavy atom. The number of rotatable bonds is 2. The van der Waals surface area contributed by atoms with E-state index in [1.165, 1.54) is 11.1 Å². The van der Waals surface area contributed by atoms with E-state index in [1.807, 2.05) is 6.07 Å². The van der Waals surface area contributed by atoms with Crippen LogP contribution in [0.1, 0.15) is 10.5 Å². The summed E-state index contributed by atoms with van der Waals surface area (Å²) in [6, 6.07) is 5.33. The van der Waals surface area contributed by atoms with Gasteiger partial charge >= 0.3 is 0 Å². The van der Waals surface area contributed by atoms with Gasteiger partial charge in [-0.3, -0.25) is 14.8 Å². The summed E-state index contributed by atoms with van der Waals surface area (Å²) >= 11 is 0. The maximum absolute atomic E-state index is 12.0. The summed E-state index contributed by atoms with van der Waals surface area (Å²) in [6.45, 7) is 0. The van der Waals surface area contributed by atoms with Crippen LogP contribution < -0.4 is 10.6 Å². The lowest BCUT2D eigenvalue weighted by atomic mass is 10.3. The maximum Gasteiger partial charge on any atom is 0.279 e. The molecule has 2 rings (SSSR count). The zero-order valence-electron chi connectivity index (χ0n) is 8.71. The molecule has 16 heavy (non-hydrogen) atoms. The van der Waals surface area contributed by atoms with Crippen LogP contribution in [0.5, 0.6) is 0 Å². The minimum absolute atomic E-state index is 0.270. The predicted molar refractivity (Wildman–Crippen MR) is 60.0 cm³/mol. The van der Waals surface area contributed by atoms with Crippen molar-refractivity contribution in [2.45, 2.75) is 0 Å². The predicted octanol–water partition coefficient (Wildman–Crippen LogP) is 0.663. The minimum atomic E-state index is -0.270. The van der Waals surface area contributed by atoms with E-state index in [2.05, 4.69) is 15.2 Å². The number of nitrogens with one attached hydrogen (secondary N) is 1. The molecule has 0 aliphatic rings. The number of nitrogen functional groups attached to an aromatic ring is 1. The molecule has 82 valence electrons. The minimum Gasteiger partial charge on any atom is -0.396 e. The molecular formula is C10H11N5O. The lowest BCUT2D eigenvalue weighted by molar-refractivity contribution is 0.0988. The molecule has 1 amide bonds. The van der Waals surface area contributed by atoms with Crippen molar-refractivity contribution in [3.05, 3.63) is 36.3 Å². The average molecular weight is 217 g/mol. The summed E-state index contributed by atoms with van der Waals surface area (Å²) in [7, 11) is 1.63. The molecule has 0 saturated carbocycles. The molecule has 0 radical (unpaired) electrons. The number of hydrogen-bond donors (Lipinski definition) is 2. The molecule has 0 aromatic carbocycles. The average Bonchev–Trinajstić information content (AvgIpc) is 2.75. The summed E-state index contributed by atoms with van der Waals surface area (Å²) in [5.74, 6) is 0.287. The Balaban J connectivity index is 2.27. The van der Waals surface area contributed by atoms with Gasteiger partial charge in [0.15, 0.2) is 0 Å². The SMILES string of the molecule is CN(C(=O)c1[nH]ncc1N)c1ccccn1. The summed E-state index contributed by atoms with van der Waals surface area (Å²) in [4.78, 5) is 17.4.